The molecule has 1 aromatic rings. The normalized spacial score (nSPS) is 10.8. The summed E-state index contributed by atoms with van der Waals surface area (Å²) in [5.41, 5.74) is 7.56. The van der Waals surface area contributed by atoms with Gasteiger partial charge in [-0.25, -0.2) is 0 Å². The van der Waals surface area contributed by atoms with Gasteiger partial charge in [0.25, 0.3) is 0 Å². The van der Waals surface area contributed by atoms with Crippen LogP contribution in [0.5, 0.6) is 0 Å². The van der Waals surface area contributed by atoms with Crippen molar-refractivity contribution in [2.45, 2.75) is 33.4 Å². The number of carbonyl (C=O) groups is 1. The Morgan fingerprint density at radius 3 is 2.68 bits per heavy atom. The van der Waals surface area contributed by atoms with Crippen LogP contribution in [0.25, 0.3) is 0 Å². The standard InChI is InChI=1S/C14H22BrN3O/c1-4-17-8-11-5-6-12(15)7-13(11)18(10(2)3)9-14(16)19/h5-7,10,17H,4,8-9H2,1-3H3,(H2,16,19). The first kappa shape index (κ1) is 16.0. The lowest BCUT2D eigenvalue weighted by Crippen LogP contribution is -2.39. The fourth-order valence-corrected chi connectivity index (χ4v) is 2.28. The van der Waals surface area contributed by atoms with Crippen LogP contribution in [0.2, 0.25) is 0 Å². The molecule has 1 aromatic carbocycles. The van der Waals surface area contributed by atoms with Crippen LogP contribution in [0.15, 0.2) is 22.7 Å². The zero-order valence-corrected chi connectivity index (χ0v) is 13.3. The summed E-state index contributed by atoms with van der Waals surface area (Å²) in [5.74, 6) is -0.317. The van der Waals surface area contributed by atoms with Crippen molar-refractivity contribution < 1.29 is 4.79 Å². The van der Waals surface area contributed by atoms with Crippen molar-refractivity contribution in [1.29, 1.82) is 0 Å². The molecule has 0 aromatic heterocycles. The van der Waals surface area contributed by atoms with Crippen LogP contribution in [0.3, 0.4) is 0 Å². The van der Waals surface area contributed by atoms with Crippen LogP contribution in [-0.2, 0) is 11.3 Å². The first-order valence-electron chi connectivity index (χ1n) is 6.49. The van der Waals surface area contributed by atoms with Crippen molar-refractivity contribution in [3.63, 3.8) is 0 Å². The van der Waals surface area contributed by atoms with Crippen molar-refractivity contribution in [1.82, 2.24) is 5.32 Å². The molecule has 1 amide bonds. The molecule has 0 radical (unpaired) electrons. The SMILES string of the molecule is CCNCc1ccc(Br)cc1N(CC(N)=O)C(C)C. The molecule has 0 heterocycles. The fraction of sp³-hybridized carbons (Fsp3) is 0.500. The minimum Gasteiger partial charge on any atom is -0.368 e. The van der Waals surface area contributed by atoms with E-state index in [1.54, 1.807) is 0 Å². The van der Waals surface area contributed by atoms with E-state index in [4.69, 9.17) is 5.73 Å². The highest BCUT2D eigenvalue weighted by atomic mass is 79.9. The van der Waals surface area contributed by atoms with Crippen LogP contribution in [0.4, 0.5) is 5.69 Å². The summed E-state index contributed by atoms with van der Waals surface area (Å²) in [4.78, 5) is 13.3. The number of hydrogen-bond donors (Lipinski definition) is 2. The Hall–Kier alpha value is -1.07. The molecule has 0 saturated heterocycles. The number of amides is 1. The second-order valence-electron chi connectivity index (χ2n) is 4.74. The van der Waals surface area contributed by atoms with Gasteiger partial charge in [0.15, 0.2) is 0 Å². The lowest BCUT2D eigenvalue weighted by atomic mass is 10.1. The average molecular weight is 328 g/mol. The van der Waals surface area contributed by atoms with E-state index in [-0.39, 0.29) is 18.5 Å². The molecule has 0 fully saturated rings. The topological polar surface area (TPSA) is 58.4 Å². The fourth-order valence-electron chi connectivity index (χ4n) is 1.93. The molecule has 0 bridgehead atoms. The van der Waals surface area contributed by atoms with Crippen molar-refractivity contribution in [3.05, 3.63) is 28.2 Å². The Balaban J connectivity index is 3.11. The summed E-state index contributed by atoms with van der Waals surface area (Å²) in [6.45, 7) is 8.10. The molecule has 0 aliphatic rings. The van der Waals surface area contributed by atoms with E-state index < -0.39 is 0 Å². The summed E-state index contributed by atoms with van der Waals surface area (Å²) in [6.07, 6.45) is 0. The zero-order valence-electron chi connectivity index (χ0n) is 11.7. The van der Waals surface area contributed by atoms with Gasteiger partial charge in [-0.2, -0.15) is 0 Å². The quantitative estimate of drug-likeness (QED) is 0.807. The smallest absolute Gasteiger partial charge is 0.236 e. The van der Waals surface area contributed by atoms with Gasteiger partial charge in [0, 0.05) is 22.7 Å². The molecular weight excluding hydrogens is 306 g/mol. The molecule has 106 valence electrons. The lowest BCUT2D eigenvalue weighted by Gasteiger charge is -2.30. The van der Waals surface area contributed by atoms with Gasteiger partial charge in [-0.1, -0.05) is 28.9 Å². The van der Waals surface area contributed by atoms with E-state index in [2.05, 4.69) is 48.1 Å². The molecule has 0 atom stereocenters. The molecule has 0 aliphatic carbocycles. The van der Waals surface area contributed by atoms with Gasteiger partial charge in [-0.05, 0) is 38.1 Å². The highest BCUT2D eigenvalue weighted by Gasteiger charge is 2.16. The molecule has 19 heavy (non-hydrogen) atoms. The third-order valence-electron chi connectivity index (χ3n) is 2.87. The summed E-state index contributed by atoms with van der Waals surface area (Å²) >= 11 is 3.48. The van der Waals surface area contributed by atoms with Crippen LogP contribution in [-0.4, -0.2) is 25.0 Å². The van der Waals surface area contributed by atoms with Gasteiger partial charge in [0.1, 0.15) is 0 Å². The van der Waals surface area contributed by atoms with E-state index in [1.807, 2.05) is 17.0 Å². The summed E-state index contributed by atoms with van der Waals surface area (Å²) < 4.78 is 0.998. The number of benzene rings is 1. The van der Waals surface area contributed by atoms with Crippen molar-refractivity contribution in [2.24, 2.45) is 5.73 Å². The zero-order chi connectivity index (χ0) is 14.4. The van der Waals surface area contributed by atoms with E-state index >= 15 is 0 Å². The van der Waals surface area contributed by atoms with E-state index in [1.165, 1.54) is 5.56 Å². The number of nitrogens with zero attached hydrogens (tertiary/aromatic N) is 1. The number of nitrogens with one attached hydrogen (secondary N) is 1. The summed E-state index contributed by atoms with van der Waals surface area (Å²) in [7, 11) is 0. The maximum atomic E-state index is 11.3. The van der Waals surface area contributed by atoms with Crippen molar-refractivity contribution in [2.75, 3.05) is 18.0 Å². The van der Waals surface area contributed by atoms with E-state index in [0.717, 1.165) is 23.2 Å². The second-order valence-corrected chi connectivity index (χ2v) is 5.66. The van der Waals surface area contributed by atoms with Gasteiger partial charge < -0.3 is 16.0 Å². The monoisotopic (exact) mass is 327 g/mol. The molecule has 3 N–H and O–H groups in total. The number of rotatable bonds is 7. The van der Waals surface area contributed by atoms with Crippen LogP contribution >= 0.6 is 15.9 Å². The molecule has 0 unspecified atom stereocenters. The molecule has 0 saturated carbocycles. The van der Waals surface area contributed by atoms with Crippen molar-refractivity contribution in [3.8, 4) is 0 Å². The van der Waals surface area contributed by atoms with E-state index in [0.29, 0.717) is 0 Å². The second kappa shape index (κ2) is 7.50. The molecule has 0 aliphatic heterocycles. The minimum absolute atomic E-state index is 0.210. The number of halogens is 1. The van der Waals surface area contributed by atoms with Gasteiger partial charge in [-0.15, -0.1) is 0 Å². The van der Waals surface area contributed by atoms with E-state index in [9.17, 15) is 4.79 Å². The van der Waals surface area contributed by atoms with Gasteiger partial charge in [-0.3, -0.25) is 4.79 Å². The Morgan fingerprint density at radius 2 is 2.16 bits per heavy atom. The van der Waals surface area contributed by atoms with Crippen LogP contribution in [0.1, 0.15) is 26.3 Å². The Kier molecular flexibility index (Phi) is 6.31. The molecule has 4 nitrogen and oxygen atoms in total. The van der Waals surface area contributed by atoms with Gasteiger partial charge >= 0.3 is 0 Å². The highest BCUT2D eigenvalue weighted by Crippen LogP contribution is 2.26. The Bertz CT molecular complexity index is 435. The average Bonchev–Trinajstić information content (AvgIpc) is 2.34. The Labute approximate surface area is 123 Å². The number of primary amides is 1. The largest absolute Gasteiger partial charge is 0.368 e. The van der Waals surface area contributed by atoms with Crippen LogP contribution < -0.4 is 16.0 Å². The number of carbonyl (C=O) groups excluding carboxylic acids is 1. The first-order chi connectivity index (χ1) is 8.95. The number of hydrogen-bond acceptors (Lipinski definition) is 3. The maximum Gasteiger partial charge on any atom is 0.236 e. The predicted molar refractivity (Wildman–Crippen MR) is 83.2 cm³/mol. The first-order valence-corrected chi connectivity index (χ1v) is 7.29. The summed E-state index contributed by atoms with van der Waals surface area (Å²) in [6, 6.07) is 6.33. The lowest BCUT2D eigenvalue weighted by molar-refractivity contribution is -0.116. The summed E-state index contributed by atoms with van der Waals surface area (Å²) in [5, 5.41) is 3.31. The molecule has 0 spiro atoms. The van der Waals surface area contributed by atoms with Crippen LogP contribution in [0, 0.1) is 0 Å². The highest BCUT2D eigenvalue weighted by molar-refractivity contribution is 9.10. The maximum absolute atomic E-state index is 11.3. The Morgan fingerprint density at radius 1 is 1.47 bits per heavy atom. The van der Waals surface area contributed by atoms with Crippen molar-refractivity contribution >= 4 is 27.5 Å². The molecule has 5 heteroatoms. The number of anilines is 1. The predicted octanol–water partition coefficient (Wildman–Crippen LogP) is 2.26. The third-order valence-corrected chi connectivity index (χ3v) is 3.37. The third kappa shape index (κ3) is 4.84. The molecular formula is C14H22BrN3O. The van der Waals surface area contributed by atoms with Gasteiger partial charge in [0.2, 0.25) is 5.91 Å². The number of nitrogens with two attached hydrogens (primary N) is 1. The molecule has 1 rings (SSSR count). The van der Waals surface area contributed by atoms with Gasteiger partial charge in [0.05, 0.1) is 6.54 Å². The minimum atomic E-state index is -0.317.